The van der Waals surface area contributed by atoms with Gasteiger partial charge in [0, 0.05) is 6.07 Å². The molecule has 0 aliphatic carbocycles. The summed E-state index contributed by atoms with van der Waals surface area (Å²) in [6.07, 6.45) is -5.20. The van der Waals surface area contributed by atoms with Crippen LogP contribution < -0.4 is 11.1 Å². The monoisotopic (exact) mass is 313 g/mol. The largest absolute Gasteiger partial charge is 0.415 e. The summed E-state index contributed by atoms with van der Waals surface area (Å²) in [4.78, 5) is 20.9. The molecule has 0 heterocycles. The summed E-state index contributed by atoms with van der Waals surface area (Å²) in [5.74, 6) is -5.42. The second kappa shape index (κ2) is 5.24. The third-order valence-electron chi connectivity index (χ3n) is 2.57. The van der Waals surface area contributed by atoms with E-state index in [1.165, 1.54) is 5.32 Å². The van der Waals surface area contributed by atoms with Crippen molar-refractivity contribution in [3.63, 3.8) is 0 Å². The number of benzene rings is 1. The number of nitrogens with two attached hydrogens (primary N) is 1. The van der Waals surface area contributed by atoms with Gasteiger partial charge in [-0.2, -0.15) is 13.2 Å². The van der Waals surface area contributed by atoms with Crippen molar-refractivity contribution in [3.05, 3.63) is 33.9 Å². The summed E-state index contributed by atoms with van der Waals surface area (Å²) in [5, 5.41) is 11.9. The molecule has 0 saturated carbocycles. The number of hydrogen-bond acceptors (Lipinski definition) is 4. The maximum atomic E-state index is 13.5. The van der Waals surface area contributed by atoms with Crippen LogP contribution in [-0.4, -0.2) is 22.5 Å². The Kier molecular flexibility index (Phi) is 4.18. The van der Waals surface area contributed by atoms with E-state index in [0.717, 1.165) is 0 Å². The van der Waals surface area contributed by atoms with Crippen LogP contribution in [0, 0.1) is 21.7 Å². The number of rotatable bonds is 3. The van der Waals surface area contributed by atoms with Gasteiger partial charge in [0.25, 0.3) is 11.6 Å². The van der Waals surface area contributed by atoms with Crippen LogP contribution in [0.4, 0.5) is 33.3 Å². The Hall–Kier alpha value is -2.30. The third kappa shape index (κ3) is 3.07. The minimum atomic E-state index is -5.20. The van der Waals surface area contributed by atoms with Crippen molar-refractivity contribution in [1.82, 2.24) is 0 Å². The van der Waals surface area contributed by atoms with Crippen LogP contribution in [0.3, 0.4) is 0 Å². The van der Waals surface area contributed by atoms with Crippen molar-refractivity contribution in [1.29, 1.82) is 0 Å². The van der Waals surface area contributed by atoms with E-state index in [0.29, 0.717) is 12.1 Å². The number of carbonyl (C=O) groups is 1. The van der Waals surface area contributed by atoms with Gasteiger partial charge in [-0.1, -0.05) is 0 Å². The molecule has 1 atom stereocenters. The molecule has 0 bridgehead atoms. The second-order valence-electron chi connectivity index (χ2n) is 4.17. The van der Waals surface area contributed by atoms with Gasteiger partial charge in [-0.15, -0.1) is 0 Å². The third-order valence-corrected chi connectivity index (χ3v) is 2.57. The predicted octanol–water partition coefficient (Wildman–Crippen LogP) is 2.09. The molecule has 1 amide bonds. The molecule has 0 radical (unpaired) electrons. The molecule has 1 unspecified atom stereocenters. The lowest BCUT2D eigenvalue weighted by molar-refractivity contribution is -0.384. The van der Waals surface area contributed by atoms with Crippen LogP contribution in [-0.2, 0) is 4.79 Å². The fourth-order valence-electron chi connectivity index (χ4n) is 1.18. The number of nitro groups is 1. The first-order chi connectivity index (χ1) is 9.39. The van der Waals surface area contributed by atoms with Crippen molar-refractivity contribution in [2.24, 2.45) is 5.73 Å². The number of anilines is 1. The first kappa shape index (κ1) is 16.8. The van der Waals surface area contributed by atoms with Crippen LogP contribution in [0.15, 0.2) is 12.1 Å². The summed E-state index contributed by atoms with van der Waals surface area (Å²) >= 11 is 0. The Bertz CT molecular complexity index is 600. The number of nitro benzene ring substituents is 1. The van der Waals surface area contributed by atoms with Gasteiger partial charge in [-0.25, -0.2) is 8.78 Å². The lowest BCUT2D eigenvalue weighted by Crippen LogP contribution is -2.59. The van der Waals surface area contributed by atoms with Gasteiger partial charge in [-0.3, -0.25) is 14.9 Å². The summed E-state index contributed by atoms with van der Waals surface area (Å²) in [7, 11) is 0. The minimum Gasteiger partial charge on any atom is -0.316 e. The van der Waals surface area contributed by atoms with Crippen LogP contribution in [0.5, 0.6) is 0 Å². The zero-order valence-electron chi connectivity index (χ0n) is 10.3. The van der Waals surface area contributed by atoms with Crippen molar-refractivity contribution >= 4 is 17.3 Å². The summed E-state index contributed by atoms with van der Waals surface area (Å²) in [6.45, 7) is 0.283. The highest BCUT2D eigenvalue weighted by Gasteiger charge is 2.54. The average Bonchev–Trinajstić information content (AvgIpc) is 2.33. The summed E-state index contributed by atoms with van der Waals surface area (Å²) in [6, 6.07) is 0.893. The second-order valence-corrected chi connectivity index (χ2v) is 4.17. The van der Waals surface area contributed by atoms with Crippen molar-refractivity contribution < 1.29 is 31.7 Å². The molecule has 116 valence electrons. The highest BCUT2D eigenvalue weighted by molar-refractivity contribution is 6.00. The first-order valence-corrected chi connectivity index (χ1v) is 5.19. The lowest BCUT2D eigenvalue weighted by atomic mass is 10.0. The molecule has 0 saturated heterocycles. The minimum absolute atomic E-state index is 0.283. The van der Waals surface area contributed by atoms with E-state index in [4.69, 9.17) is 5.73 Å². The Morgan fingerprint density at radius 3 is 2.29 bits per heavy atom. The highest BCUT2D eigenvalue weighted by Crippen LogP contribution is 2.33. The van der Waals surface area contributed by atoms with Gasteiger partial charge in [0.15, 0.2) is 22.9 Å². The zero-order valence-corrected chi connectivity index (χ0v) is 10.3. The maximum Gasteiger partial charge on any atom is 0.415 e. The molecule has 3 N–H and O–H groups in total. The van der Waals surface area contributed by atoms with E-state index in [2.05, 4.69) is 0 Å². The van der Waals surface area contributed by atoms with Crippen LogP contribution >= 0.6 is 0 Å². The molecule has 6 nitrogen and oxygen atoms in total. The van der Waals surface area contributed by atoms with Gasteiger partial charge < -0.3 is 11.1 Å². The smallest absolute Gasteiger partial charge is 0.316 e. The van der Waals surface area contributed by atoms with Gasteiger partial charge >= 0.3 is 6.18 Å². The molecule has 11 heteroatoms. The van der Waals surface area contributed by atoms with Gasteiger partial charge in [0.2, 0.25) is 0 Å². The van der Waals surface area contributed by atoms with Crippen LogP contribution in [0.1, 0.15) is 6.92 Å². The molecule has 0 fully saturated rings. The molecule has 1 rings (SSSR count). The molecule has 0 aliphatic rings. The number of nitrogens with one attached hydrogen (secondary N) is 1. The van der Waals surface area contributed by atoms with E-state index in [-0.39, 0.29) is 6.92 Å². The average molecular weight is 313 g/mol. The Morgan fingerprint density at radius 1 is 1.33 bits per heavy atom. The molecule has 0 spiro atoms. The van der Waals surface area contributed by atoms with Crippen molar-refractivity contribution in [3.8, 4) is 0 Å². The lowest BCUT2D eigenvalue weighted by Gasteiger charge is -2.26. The van der Waals surface area contributed by atoms with Gasteiger partial charge in [0.05, 0.1) is 4.92 Å². The highest BCUT2D eigenvalue weighted by atomic mass is 19.4. The zero-order chi connectivity index (χ0) is 16.6. The standard InChI is InChI=1S/C10H8F5N3O3/c1-9(16,10(13,14)15)8(19)17-7-5(18(20)21)3-2-4(11)6(7)12/h2-3H,16H2,1H3,(H,17,19). The Labute approximate surface area is 113 Å². The molecule has 21 heavy (non-hydrogen) atoms. The molecule has 0 aromatic heterocycles. The van der Waals surface area contributed by atoms with E-state index < -0.39 is 45.6 Å². The molecule has 0 aliphatic heterocycles. The Balaban J connectivity index is 3.28. The number of hydrogen-bond donors (Lipinski definition) is 2. The number of carbonyl (C=O) groups excluding carboxylic acids is 1. The molecule has 1 aromatic carbocycles. The van der Waals surface area contributed by atoms with Gasteiger partial charge in [-0.05, 0) is 13.0 Å². The number of alkyl halides is 3. The normalized spacial score (nSPS) is 14.4. The van der Waals surface area contributed by atoms with E-state index in [1.807, 2.05) is 0 Å². The quantitative estimate of drug-likeness (QED) is 0.507. The van der Waals surface area contributed by atoms with E-state index in [9.17, 15) is 36.9 Å². The van der Waals surface area contributed by atoms with Crippen LogP contribution in [0.2, 0.25) is 0 Å². The summed E-state index contributed by atoms with van der Waals surface area (Å²) in [5.41, 5.74) is -1.11. The van der Waals surface area contributed by atoms with E-state index in [1.54, 1.807) is 0 Å². The fraction of sp³-hybridized carbons (Fsp3) is 0.300. The number of amides is 1. The first-order valence-electron chi connectivity index (χ1n) is 5.19. The van der Waals surface area contributed by atoms with E-state index >= 15 is 0 Å². The van der Waals surface area contributed by atoms with Crippen molar-refractivity contribution in [2.75, 3.05) is 5.32 Å². The predicted molar refractivity (Wildman–Crippen MR) is 60.3 cm³/mol. The fourth-order valence-corrected chi connectivity index (χ4v) is 1.18. The Morgan fingerprint density at radius 2 is 1.86 bits per heavy atom. The molecular formula is C10H8F5N3O3. The maximum absolute atomic E-state index is 13.5. The van der Waals surface area contributed by atoms with Crippen LogP contribution in [0.25, 0.3) is 0 Å². The molecule has 1 aromatic rings. The number of halogens is 5. The number of nitrogens with zero attached hydrogens (tertiary/aromatic N) is 1. The summed E-state index contributed by atoms with van der Waals surface area (Å²) < 4.78 is 64.1. The van der Waals surface area contributed by atoms with Gasteiger partial charge in [0.1, 0.15) is 0 Å². The SMILES string of the molecule is CC(N)(C(=O)Nc1c([N+](=O)[O-])ccc(F)c1F)C(F)(F)F. The van der Waals surface area contributed by atoms with Crippen molar-refractivity contribution in [2.45, 2.75) is 18.6 Å². The molecular weight excluding hydrogens is 305 g/mol. The topological polar surface area (TPSA) is 98.3 Å².